The highest BCUT2D eigenvalue weighted by Gasteiger charge is 2.34. The number of rotatable bonds is 2. The minimum atomic E-state index is -0.436. The van der Waals surface area contributed by atoms with Crippen molar-refractivity contribution in [1.29, 1.82) is 0 Å². The Morgan fingerprint density at radius 2 is 2.10 bits per heavy atom. The number of benzene rings is 1. The summed E-state index contributed by atoms with van der Waals surface area (Å²) in [6, 6.07) is 7.47. The van der Waals surface area contributed by atoms with Gasteiger partial charge in [0.2, 0.25) is 0 Å². The Morgan fingerprint density at radius 1 is 1.29 bits per heavy atom. The van der Waals surface area contributed by atoms with Gasteiger partial charge in [-0.25, -0.2) is 0 Å². The zero-order chi connectivity index (χ0) is 15.0. The van der Waals surface area contributed by atoms with Gasteiger partial charge < -0.3 is 10.0 Å². The summed E-state index contributed by atoms with van der Waals surface area (Å²) < 4.78 is 1.03. The summed E-state index contributed by atoms with van der Waals surface area (Å²) in [6.07, 6.45) is 3.58. The summed E-state index contributed by atoms with van der Waals surface area (Å²) >= 11 is 3.52. The van der Waals surface area contributed by atoms with E-state index in [-0.39, 0.29) is 0 Å². The number of piperazine rings is 1. The van der Waals surface area contributed by atoms with E-state index in [1.807, 2.05) is 6.92 Å². The van der Waals surface area contributed by atoms with Crippen LogP contribution in [0.3, 0.4) is 0 Å². The van der Waals surface area contributed by atoms with Crippen molar-refractivity contribution in [2.75, 3.05) is 24.5 Å². The molecule has 2 heterocycles. The van der Waals surface area contributed by atoms with Crippen molar-refractivity contribution in [2.45, 2.75) is 51.3 Å². The van der Waals surface area contributed by atoms with Crippen LogP contribution >= 0.6 is 15.9 Å². The average Bonchev–Trinajstić information content (AvgIpc) is 2.46. The first kappa shape index (κ1) is 15.3. The smallest absolute Gasteiger partial charge is 0.0782 e. The van der Waals surface area contributed by atoms with E-state index in [1.165, 1.54) is 31.5 Å². The number of piperidine rings is 1. The molecule has 21 heavy (non-hydrogen) atoms. The minimum Gasteiger partial charge on any atom is -0.389 e. The first-order chi connectivity index (χ1) is 10.1. The van der Waals surface area contributed by atoms with Crippen molar-refractivity contribution in [1.82, 2.24) is 4.90 Å². The van der Waals surface area contributed by atoms with Gasteiger partial charge in [-0.3, -0.25) is 4.90 Å². The number of aliphatic hydroxyl groups is 1. The molecule has 4 heteroatoms. The van der Waals surface area contributed by atoms with Crippen LogP contribution in [0.2, 0.25) is 0 Å². The highest BCUT2D eigenvalue weighted by atomic mass is 79.9. The molecule has 116 valence electrons. The first-order valence-corrected chi connectivity index (χ1v) is 8.84. The molecule has 0 amide bonds. The molecule has 2 aliphatic rings. The highest BCUT2D eigenvalue weighted by molar-refractivity contribution is 9.10. The van der Waals surface area contributed by atoms with Crippen molar-refractivity contribution >= 4 is 21.6 Å². The Hall–Kier alpha value is -0.580. The third-order valence-corrected chi connectivity index (χ3v) is 5.43. The van der Waals surface area contributed by atoms with Gasteiger partial charge in [0.05, 0.1) is 6.10 Å². The van der Waals surface area contributed by atoms with Crippen LogP contribution in [0.15, 0.2) is 22.7 Å². The highest BCUT2D eigenvalue weighted by Crippen LogP contribution is 2.34. The maximum Gasteiger partial charge on any atom is 0.0782 e. The molecule has 2 aliphatic heterocycles. The monoisotopic (exact) mass is 352 g/mol. The molecule has 0 bridgehead atoms. The van der Waals surface area contributed by atoms with Crippen LogP contribution in [0.4, 0.5) is 5.69 Å². The van der Waals surface area contributed by atoms with Crippen molar-refractivity contribution < 1.29 is 5.11 Å². The van der Waals surface area contributed by atoms with E-state index in [2.05, 4.69) is 50.9 Å². The van der Waals surface area contributed by atoms with E-state index in [9.17, 15) is 5.11 Å². The van der Waals surface area contributed by atoms with Gasteiger partial charge in [-0.2, -0.15) is 0 Å². The second-order valence-corrected chi connectivity index (χ2v) is 7.44. The fourth-order valence-corrected chi connectivity index (χ4v) is 4.19. The summed E-state index contributed by atoms with van der Waals surface area (Å²) in [6.45, 7) is 7.64. The first-order valence-electron chi connectivity index (χ1n) is 8.04. The molecule has 2 saturated heterocycles. The van der Waals surface area contributed by atoms with Gasteiger partial charge in [0.15, 0.2) is 0 Å². The Morgan fingerprint density at radius 3 is 2.86 bits per heavy atom. The number of nitrogens with zero attached hydrogens (tertiary/aromatic N) is 2. The molecule has 0 aromatic heterocycles. The number of halogens is 1. The number of hydrogen-bond acceptors (Lipinski definition) is 3. The Balaban J connectivity index is 1.89. The van der Waals surface area contributed by atoms with Crippen molar-refractivity contribution in [3.05, 3.63) is 28.2 Å². The normalized spacial score (nSPS) is 28.3. The quantitative estimate of drug-likeness (QED) is 0.881. The second-order valence-electron chi connectivity index (χ2n) is 6.53. The molecule has 1 aromatic rings. The van der Waals surface area contributed by atoms with E-state index < -0.39 is 6.10 Å². The van der Waals surface area contributed by atoms with Crippen molar-refractivity contribution in [3.63, 3.8) is 0 Å². The number of hydrogen-bond donors (Lipinski definition) is 1. The number of aliphatic hydroxyl groups excluding tert-OH is 1. The summed E-state index contributed by atoms with van der Waals surface area (Å²) in [4.78, 5) is 5.16. The van der Waals surface area contributed by atoms with Gasteiger partial charge in [0.25, 0.3) is 0 Å². The molecule has 0 aliphatic carbocycles. The van der Waals surface area contributed by atoms with Crippen LogP contribution in [0.5, 0.6) is 0 Å². The zero-order valence-electron chi connectivity index (χ0n) is 12.9. The van der Waals surface area contributed by atoms with Gasteiger partial charge in [0, 0.05) is 40.9 Å². The molecule has 3 nitrogen and oxygen atoms in total. The average molecular weight is 353 g/mol. The molecule has 0 radical (unpaired) electrons. The van der Waals surface area contributed by atoms with Crippen molar-refractivity contribution in [2.24, 2.45) is 0 Å². The molecule has 3 atom stereocenters. The summed E-state index contributed by atoms with van der Waals surface area (Å²) in [5.74, 6) is 0. The molecule has 3 rings (SSSR count). The third-order valence-electron chi connectivity index (χ3n) is 4.94. The Bertz CT molecular complexity index is 506. The molecule has 3 unspecified atom stereocenters. The van der Waals surface area contributed by atoms with Crippen molar-refractivity contribution in [3.8, 4) is 0 Å². The summed E-state index contributed by atoms with van der Waals surface area (Å²) in [5.41, 5.74) is 2.23. The van der Waals surface area contributed by atoms with Crippen LogP contribution in [0.1, 0.15) is 44.8 Å². The minimum absolute atomic E-state index is 0.436. The molecule has 0 saturated carbocycles. The van der Waals surface area contributed by atoms with Crippen LogP contribution in [-0.4, -0.2) is 41.7 Å². The van der Waals surface area contributed by atoms with E-state index in [4.69, 9.17) is 0 Å². The molecule has 0 spiro atoms. The number of fused-ring (bicyclic) bond motifs is 1. The second kappa shape index (κ2) is 6.27. The van der Waals surface area contributed by atoms with Crippen LogP contribution in [0.25, 0.3) is 0 Å². The van der Waals surface area contributed by atoms with E-state index in [0.717, 1.165) is 23.1 Å². The fourth-order valence-electron chi connectivity index (χ4n) is 3.81. The Labute approximate surface area is 136 Å². The SMILES string of the molecule is CC(O)c1cc(Br)ccc1N1CC2CCCCN2CC1C. The lowest BCUT2D eigenvalue weighted by Gasteiger charge is -2.49. The molecule has 1 aromatic carbocycles. The molecular weight excluding hydrogens is 328 g/mol. The standard InChI is InChI=1S/C17H25BrN2O/c1-12-10-19-8-4-3-5-15(19)11-20(12)17-7-6-14(18)9-16(17)13(2)21/h6-7,9,12-13,15,21H,3-5,8,10-11H2,1-2H3. The predicted octanol–water partition coefficient (Wildman–Crippen LogP) is 3.57. The Kier molecular flexibility index (Phi) is 4.57. The molecular formula is C17H25BrN2O. The van der Waals surface area contributed by atoms with Gasteiger partial charge in [-0.05, 0) is 51.4 Å². The zero-order valence-corrected chi connectivity index (χ0v) is 14.5. The van der Waals surface area contributed by atoms with E-state index in [0.29, 0.717) is 12.1 Å². The van der Waals surface area contributed by atoms with Gasteiger partial charge in [0.1, 0.15) is 0 Å². The summed E-state index contributed by atoms with van der Waals surface area (Å²) in [7, 11) is 0. The van der Waals surface area contributed by atoms with Gasteiger partial charge in [-0.15, -0.1) is 0 Å². The topological polar surface area (TPSA) is 26.7 Å². The van der Waals surface area contributed by atoms with Crippen LogP contribution in [0, 0.1) is 0 Å². The van der Waals surface area contributed by atoms with Crippen LogP contribution < -0.4 is 4.90 Å². The number of anilines is 1. The largest absolute Gasteiger partial charge is 0.389 e. The lowest BCUT2D eigenvalue weighted by atomic mass is 9.95. The molecule has 1 N–H and O–H groups in total. The van der Waals surface area contributed by atoms with E-state index in [1.54, 1.807) is 0 Å². The van der Waals surface area contributed by atoms with Crippen LogP contribution in [-0.2, 0) is 0 Å². The lowest BCUT2D eigenvalue weighted by molar-refractivity contribution is 0.115. The lowest BCUT2D eigenvalue weighted by Crippen LogP contribution is -2.59. The predicted molar refractivity (Wildman–Crippen MR) is 90.8 cm³/mol. The van der Waals surface area contributed by atoms with E-state index >= 15 is 0 Å². The fraction of sp³-hybridized carbons (Fsp3) is 0.647. The maximum atomic E-state index is 10.1. The molecule has 2 fully saturated rings. The third kappa shape index (κ3) is 3.13. The maximum absolute atomic E-state index is 10.1. The summed E-state index contributed by atoms with van der Waals surface area (Å²) in [5, 5.41) is 10.1. The van der Waals surface area contributed by atoms with Gasteiger partial charge in [-0.1, -0.05) is 22.4 Å². The van der Waals surface area contributed by atoms with Gasteiger partial charge >= 0.3 is 0 Å².